The molecule has 0 bridgehead atoms. The molecular formula is C64H49BN2S. The lowest BCUT2D eigenvalue weighted by molar-refractivity contribution is 0.794. The van der Waals surface area contributed by atoms with Crippen LogP contribution in [0.5, 0.6) is 0 Å². The second-order valence-electron chi connectivity index (χ2n) is 20.0. The highest BCUT2D eigenvalue weighted by Crippen LogP contribution is 2.64. The maximum atomic E-state index is 2.61. The number of fused-ring (bicyclic) bond motifs is 16. The minimum absolute atomic E-state index is 0.0224. The van der Waals surface area contributed by atoms with Gasteiger partial charge in [-0.15, -0.1) is 11.3 Å². The van der Waals surface area contributed by atoms with E-state index < -0.39 is 5.41 Å². The molecule has 0 amide bonds. The van der Waals surface area contributed by atoms with E-state index in [1.165, 1.54) is 132 Å². The van der Waals surface area contributed by atoms with E-state index >= 15 is 0 Å². The van der Waals surface area contributed by atoms with Crippen LogP contribution in [0.4, 0.5) is 34.1 Å². The van der Waals surface area contributed by atoms with Crippen LogP contribution in [0, 0.1) is 6.92 Å². The van der Waals surface area contributed by atoms with Gasteiger partial charge in [-0.2, -0.15) is 0 Å². The third kappa shape index (κ3) is 5.24. The van der Waals surface area contributed by atoms with Crippen molar-refractivity contribution >= 4 is 78.0 Å². The van der Waals surface area contributed by atoms with Gasteiger partial charge >= 0.3 is 0 Å². The van der Waals surface area contributed by atoms with Gasteiger partial charge in [0.2, 0.25) is 0 Å². The standard InChI is InChI=1S/C64H49BN2S/c1-38(2)44-24-16-25-45(39(3)4)60(44)41-31-33-55-58(35-41)66(42-18-8-6-9-19-42)56-28-17-29-57-61(56)65(55)63-62(67(57)43-20-10-7-11-21-43)50-36-49-48-32-30-40(5)34-53(48)64(54(49)37-59(50)68-63)51-26-14-12-22-46(51)47-23-13-15-27-52(47)64/h6-39H,1-5H3. The number of rotatable bonds is 5. The van der Waals surface area contributed by atoms with Crippen molar-refractivity contribution in [1.82, 2.24) is 0 Å². The molecule has 1 aromatic heterocycles. The minimum atomic E-state index is -0.414. The molecule has 14 rings (SSSR count). The molecule has 10 aromatic rings. The van der Waals surface area contributed by atoms with Crippen molar-refractivity contribution in [3.63, 3.8) is 0 Å². The summed E-state index contributed by atoms with van der Waals surface area (Å²) in [5.41, 5.74) is 27.3. The van der Waals surface area contributed by atoms with E-state index in [0.717, 1.165) is 0 Å². The highest BCUT2D eigenvalue weighted by Gasteiger charge is 2.53. The zero-order valence-corrected chi connectivity index (χ0v) is 39.8. The second kappa shape index (κ2) is 14.6. The summed E-state index contributed by atoms with van der Waals surface area (Å²) in [5.74, 6) is 0.777. The number of nitrogens with zero attached hydrogens (tertiary/aromatic N) is 2. The quantitative estimate of drug-likeness (QED) is 0.159. The van der Waals surface area contributed by atoms with Crippen LogP contribution in [-0.2, 0) is 5.41 Å². The molecule has 1 spiro atoms. The van der Waals surface area contributed by atoms with Gasteiger partial charge in [0.05, 0.1) is 11.1 Å². The van der Waals surface area contributed by atoms with E-state index in [1.54, 1.807) is 0 Å². The molecule has 324 valence electrons. The first-order chi connectivity index (χ1) is 33.3. The van der Waals surface area contributed by atoms with E-state index in [1.807, 2.05) is 11.3 Å². The van der Waals surface area contributed by atoms with Gasteiger partial charge in [-0.05, 0) is 151 Å². The van der Waals surface area contributed by atoms with Gasteiger partial charge in [0, 0.05) is 43.3 Å². The highest BCUT2D eigenvalue weighted by atomic mass is 32.1. The average molecular weight is 889 g/mol. The van der Waals surface area contributed by atoms with Crippen LogP contribution in [0.2, 0.25) is 0 Å². The Balaban J connectivity index is 1.08. The monoisotopic (exact) mass is 888 g/mol. The summed E-state index contributed by atoms with van der Waals surface area (Å²) in [4.78, 5) is 5.14. The van der Waals surface area contributed by atoms with Crippen LogP contribution in [0.15, 0.2) is 194 Å². The van der Waals surface area contributed by atoms with E-state index in [4.69, 9.17) is 0 Å². The number of hydrogen-bond acceptors (Lipinski definition) is 3. The number of para-hydroxylation sites is 2. The van der Waals surface area contributed by atoms with Crippen LogP contribution in [0.25, 0.3) is 43.5 Å². The van der Waals surface area contributed by atoms with Gasteiger partial charge < -0.3 is 9.80 Å². The van der Waals surface area contributed by atoms with Gasteiger partial charge in [-0.3, -0.25) is 0 Å². The second-order valence-corrected chi connectivity index (χ2v) is 21.1. The molecule has 2 aliphatic carbocycles. The molecule has 68 heavy (non-hydrogen) atoms. The first-order valence-electron chi connectivity index (χ1n) is 24.3. The fourth-order valence-corrected chi connectivity index (χ4v) is 14.2. The Morgan fingerprint density at radius 2 is 1.04 bits per heavy atom. The van der Waals surface area contributed by atoms with Crippen LogP contribution in [0.3, 0.4) is 0 Å². The molecule has 0 fully saturated rings. The Hall–Kier alpha value is -7.40. The van der Waals surface area contributed by atoms with Crippen LogP contribution in [0.1, 0.15) is 78.5 Å². The van der Waals surface area contributed by atoms with E-state index in [-0.39, 0.29) is 6.71 Å². The van der Waals surface area contributed by atoms with Gasteiger partial charge in [0.1, 0.15) is 0 Å². The molecule has 4 heteroatoms. The van der Waals surface area contributed by atoms with Crippen molar-refractivity contribution < 1.29 is 0 Å². The molecule has 9 aromatic carbocycles. The topological polar surface area (TPSA) is 6.48 Å². The van der Waals surface area contributed by atoms with Crippen molar-refractivity contribution in [3.8, 4) is 33.4 Å². The van der Waals surface area contributed by atoms with E-state index in [0.29, 0.717) is 11.8 Å². The summed E-state index contributed by atoms with van der Waals surface area (Å²) in [6, 6.07) is 74.2. The van der Waals surface area contributed by atoms with Gasteiger partial charge in [0.25, 0.3) is 6.71 Å². The molecule has 0 N–H and O–H groups in total. The Morgan fingerprint density at radius 1 is 0.471 bits per heavy atom. The van der Waals surface area contributed by atoms with Crippen molar-refractivity contribution in [3.05, 3.63) is 233 Å². The molecule has 0 saturated carbocycles. The Bertz CT molecular complexity index is 3660. The van der Waals surface area contributed by atoms with E-state index in [9.17, 15) is 0 Å². The highest BCUT2D eigenvalue weighted by molar-refractivity contribution is 7.33. The minimum Gasteiger partial charge on any atom is -0.311 e. The third-order valence-corrected chi connectivity index (χ3v) is 16.8. The lowest BCUT2D eigenvalue weighted by Gasteiger charge is -2.43. The Labute approximate surface area is 403 Å². The molecule has 3 heterocycles. The number of hydrogen-bond donors (Lipinski definition) is 0. The predicted octanol–water partition coefficient (Wildman–Crippen LogP) is 15.5. The molecule has 2 nitrogen and oxygen atoms in total. The molecule has 0 unspecified atom stereocenters. The van der Waals surface area contributed by atoms with Crippen LogP contribution >= 0.6 is 11.3 Å². The Kier molecular flexibility index (Phi) is 8.51. The largest absolute Gasteiger partial charge is 0.311 e. The van der Waals surface area contributed by atoms with Crippen molar-refractivity contribution in [2.75, 3.05) is 9.80 Å². The number of anilines is 6. The van der Waals surface area contributed by atoms with Crippen molar-refractivity contribution in [2.24, 2.45) is 0 Å². The Morgan fingerprint density at radius 3 is 1.71 bits per heavy atom. The third-order valence-electron chi connectivity index (χ3n) is 15.6. The molecule has 2 aliphatic heterocycles. The lowest BCUT2D eigenvalue weighted by atomic mass is 9.36. The fourth-order valence-electron chi connectivity index (χ4n) is 12.9. The van der Waals surface area contributed by atoms with E-state index in [2.05, 4.69) is 239 Å². The maximum Gasteiger partial charge on any atom is 0.264 e. The lowest BCUT2D eigenvalue weighted by Crippen LogP contribution is -2.60. The smallest absolute Gasteiger partial charge is 0.264 e. The number of benzene rings is 9. The fraction of sp³-hybridized carbons (Fsp3) is 0.125. The molecule has 0 radical (unpaired) electrons. The number of thiophene rings is 1. The molecule has 0 saturated heterocycles. The molecular weight excluding hydrogens is 840 g/mol. The summed E-state index contributed by atoms with van der Waals surface area (Å²) in [6.45, 7) is 11.6. The normalized spacial score (nSPS) is 14.2. The predicted molar refractivity (Wildman–Crippen MR) is 290 cm³/mol. The SMILES string of the molecule is Cc1ccc2c(c1)C1(c3ccccc3-c3ccccc31)c1cc3sc4c(c3cc1-2)N(c1ccccc1)c1cccc2c1B4c1ccc(-c3c(C(C)C)cccc3C(C)C)cc1N2c1ccccc1. The first-order valence-corrected chi connectivity index (χ1v) is 25.2. The van der Waals surface area contributed by atoms with Gasteiger partial charge in [-0.1, -0.05) is 173 Å². The van der Waals surface area contributed by atoms with Crippen molar-refractivity contribution in [1.29, 1.82) is 0 Å². The van der Waals surface area contributed by atoms with Gasteiger partial charge in [-0.25, -0.2) is 0 Å². The maximum absolute atomic E-state index is 2.61. The van der Waals surface area contributed by atoms with Crippen LogP contribution < -0.4 is 25.5 Å². The van der Waals surface area contributed by atoms with Gasteiger partial charge in [0.15, 0.2) is 0 Å². The summed E-state index contributed by atoms with van der Waals surface area (Å²) in [6.07, 6.45) is 0. The molecule has 0 atom stereocenters. The summed E-state index contributed by atoms with van der Waals surface area (Å²) >= 11 is 2.00. The molecule has 4 aliphatic rings. The summed E-state index contributed by atoms with van der Waals surface area (Å²) in [5, 5.41) is 1.31. The average Bonchev–Trinajstić information content (AvgIpc) is 3.99. The summed E-state index contributed by atoms with van der Waals surface area (Å²) in [7, 11) is 0. The zero-order valence-electron chi connectivity index (χ0n) is 39.0. The van der Waals surface area contributed by atoms with Crippen molar-refractivity contribution in [2.45, 2.75) is 51.9 Å². The first kappa shape index (κ1) is 39.7. The van der Waals surface area contributed by atoms with Crippen LogP contribution in [-0.4, -0.2) is 6.71 Å². The summed E-state index contributed by atoms with van der Waals surface area (Å²) < 4.78 is 2.72. The zero-order chi connectivity index (χ0) is 45.6. The number of aryl methyl sites for hydroxylation is 1.